The van der Waals surface area contributed by atoms with Crippen molar-refractivity contribution in [3.63, 3.8) is 0 Å². The molecule has 0 unspecified atom stereocenters. The molecule has 0 aliphatic carbocycles. The Morgan fingerprint density at radius 3 is 2.43 bits per heavy atom. The maximum Gasteiger partial charge on any atom is 0.243 e. The summed E-state index contributed by atoms with van der Waals surface area (Å²) in [5, 5.41) is 0.862. The largest absolute Gasteiger partial charge is 0.243 e. The van der Waals surface area contributed by atoms with Gasteiger partial charge in [-0.25, -0.2) is 21.6 Å². The lowest BCUT2D eigenvalue weighted by atomic mass is 10.0. The van der Waals surface area contributed by atoms with Crippen LogP contribution in [0, 0.1) is 5.92 Å². The van der Waals surface area contributed by atoms with Gasteiger partial charge in [-0.2, -0.15) is 4.31 Å². The highest BCUT2D eigenvalue weighted by molar-refractivity contribution is 7.92. The van der Waals surface area contributed by atoms with E-state index in [9.17, 15) is 16.8 Å². The van der Waals surface area contributed by atoms with Gasteiger partial charge in [-0.1, -0.05) is 55.1 Å². The van der Waals surface area contributed by atoms with E-state index in [1.807, 2.05) is 42.5 Å². The molecule has 0 bridgehead atoms. The standard InChI is InChI=1S/C20H24N2O4S2/c1-2-27(23,24)21-15-17-9-8-14-22(16-17)28(25,26)20-13-7-6-12-19(20)18-10-4-3-5-11-18/h2-7,10-13,17,21H,1,8-9,14-16H2/t17-/m1/s1. The average Bonchev–Trinajstić information content (AvgIpc) is 2.73. The third-order valence-electron chi connectivity index (χ3n) is 4.86. The van der Waals surface area contributed by atoms with Crippen molar-refractivity contribution in [3.05, 3.63) is 66.6 Å². The Morgan fingerprint density at radius 1 is 1.04 bits per heavy atom. The SMILES string of the molecule is C=CS(=O)(=O)NC[C@H]1CCCN(S(=O)(=O)c2ccccc2-c2ccccc2)C1. The zero-order chi connectivity index (χ0) is 20.2. The maximum atomic E-state index is 13.4. The molecule has 1 aliphatic rings. The summed E-state index contributed by atoms with van der Waals surface area (Å²) in [6.45, 7) is 4.18. The Morgan fingerprint density at radius 2 is 1.71 bits per heavy atom. The van der Waals surface area contributed by atoms with E-state index in [0.29, 0.717) is 18.5 Å². The molecule has 1 saturated heterocycles. The number of benzene rings is 2. The number of hydrogen-bond donors (Lipinski definition) is 1. The third kappa shape index (κ3) is 4.70. The molecular formula is C20H24N2O4S2. The molecule has 0 spiro atoms. The molecule has 1 aliphatic heterocycles. The van der Waals surface area contributed by atoms with E-state index >= 15 is 0 Å². The van der Waals surface area contributed by atoms with Gasteiger partial charge in [0.2, 0.25) is 20.0 Å². The summed E-state index contributed by atoms with van der Waals surface area (Å²) in [6.07, 6.45) is 1.46. The van der Waals surface area contributed by atoms with Gasteiger partial charge in [-0.3, -0.25) is 0 Å². The van der Waals surface area contributed by atoms with Crippen LogP contribution in [0.5, 0.6) is 0 Å². The lowest BCUT2D eigenvalue weighted by Gasteiger charge is -2.32. The Labute approximate surface area is 167 Å². The minimum atomic E-state index is -3.70. The molecule has 150 valence electrons. The van der Waals surface area contributed by atoms with E-state index in [-0.39, 0.29) is 23.9 Å². The van der Waals surface area contributed by atoms with Crippen molar-refractivity contribution in [3.8, 4) is 11.1 Å². The van der Waals surface area contributed by atoms with Gasteiger partial charge in [-0.05, 0) is 30.4 Å². The van der Waals surface area contributed by atoms with Gasteiger partial charge in [0.1, 0.15) is 0 Å². The van der Waals surface area contributed by atoms with Gasteiger partial charge in [0.05, 0.1) is 4.90 Å². The highest BCUT2D eigenvalue weighted by Gasteiger charge is 2.32. The van der Waals surface area contributed by atoms with Gasteiger partial charge in [0.15, 0.2) is 0 Å². The van der Waals surface area contributed by atoms with Crippen molar-refractivity contribution in [2.75, 3.05) is 19.6 Å². The minimum Gasteiger partial charge on any atom is -0.211 e. The van der Waals surface area contributed by atoms with Crippen LogP contribution in [0.4, 0.5) is 0 Å². The van der Waals surface area contributed by atoms with Crippen LogP contribution < -0.4 is 4.72 Å². The molecule has 0 radical (unpaired) electrons. The number of nitrogens with zero attached hydrogens (tertiary/aromatic N) is 1. The van der Waals surface area contributed by atoms with E-state index in [1.54, 1.807) is 12.1 Å². The predicted molar refractivity (Wildman–Crippen MR) is 110 cm³/mol. The molecule has 8 heteroatoms. The molecule has 0 aromatic heterocycles. The number of sulfonamides is 2. The molecule has 0 amide bonds. The van der Waals surface area contributed by atoms with Crippen LogP contribution in [0.1, 0.15) is 12.8 Å². The topological polar surface area (TPSA) is 83.6 Å². The molecule has 3 rings (SSSR count). The first-order chi connectivity index (χ1) is 13.3. The summed E-state index contributed by atoms with van der Waals surface area (Å²) in [5.41, 5.74) is 1.51. The van der Waals surface area contributed by atoms with Crippen molar-refractivity contribution in [1.82, 2.24) is 9.03 Å². The van der Waals surface area contributed by atoms with Crippen LogP contribution in [-0.4, -0.2) is 40.8 Å². The van der Waals surface area contributed by atoms with Gasteiger partial charge < -0.3 is 0 Å². The molecule has 1 atom stereocenters. The molecule has 1 N–H and O–H groups in total. The summed E-state index contributed by atoms with van der Waals surface area (Å²) < 4.78 is 53.8. The lowest BCUT2D eigenvalue weighted by molar-refractivity contribution is 0.267. The number of rotatable bonds is 7. The van der Waals surface area contributed by atoms with Crippen molar-refractivity contribution < 1.29 is 16.8 Å². The predicted octanol–water partition coefficient (Wildman–Crippen LogP) is 2.82. The van der Waals surface area contributed by atoms with Crippen LogP contribution in [0.15, 0.2) is 71.5 Å². The van der Waals surface area contributed by atoms with Crippen molar-refractivity contribution in [1.29, 1.82) is 0 Å². The maximum absolute atomic E-state index is 13.4. The van der Waals surface area contributed by atoms with E-state index in [4.69, 9.17) is 0 Å². The summed E-state index contributed by atoms with van der Waals surface area (Å²) in [6, 6.07) is 16.4. The fourth-order valence-electron chi connectivity index (χ4n) is 3.39. The first kappa shape index (κ1) is 20.7. The lowest BCUT2D eigenvalue weighted by Crippen LogP contribution is -2.43. The molecule has 0 saturated carbocycles. The molecule has 6 nitrogen and oxygen atoms in total. The molecule has 1 heterocycles. The zero-order valence-electron chi connectivity index (χ0n) is 15.5. The average molecular weight is 421 g/mol. The van der Waals surface area contributed by atoms with Crippen molar-refractivity contribution in [2.45, 2.75) is 17.7 Å². The van der Waals surface area contributed by atoms with Gasteiger partial charge in [-0.15, -0.1) is 0 Å². The molecule has 1 fully saturated rings. The van der Waals surface area contributed by atoms with Crippen LogP contribution >= 0.6 is 0 Å². The number of piperidine rings is 1. The molecule has 28 heavy (non-hydrogen) atoms. The van der Waals surface area contributed by atoms with Gasteiger partial charge >= 0.3 is 0 Å². The number of nitrogens with one attached hydrogen (secondary N) is 1. The van der Waals surface area contributed by atoms with Crippen molar-refractivity contribution >= 4 is 20.0 Å². The second-order valence-corrected chi connectivity index (χ2v) is 10.4. The highest BCUT2D eigenvalue weighted by Crippen LogP contribution is 2.31. The first-order valence-electron chi connectivity index (χ1n) is 9.10. The Hall–Kier alpha value is -2.00. The van der Waals surface area contributed by atoms with Gasteiger partial charge in [0, 0.05) is 30.6 Å². The molecular weight excluding hydrogens is 396 g/mol. The summed E-state index contributed by atoms with van der Waals surface area (Å²) in [5.74, 6) is -0.0814. The van der Waals surface area contributed by atoms with Crippen LogP contribution in [-0.2, 0) is 20.0 Å². The fraction of sp³-hybridized carbons (Fsp3) is 0.300. The fourth-order valence-corrected chi connectivity index (χ4v) is 5.75. The zero-order valence-corrected chi connectivity index (χ0v) is 17.1. The van der Waals surface area contributed by atoms with E-state index in [0.717, 1.165) is 17.4 Å². The quantitative estimate of drug-likeness (QED) is 0.747. The monoisotopic (exact) mass is 420 g/mol. The summed E-state index contributed by atoms with van der Waals surface area (Å²) in [4.78, 5) is 0.272. The van der Waals surface area contributed by atoms with Crippen molar-refractivity contribution in [2.24, 2.45) is 5.92 Å². The Bertz CT molecular complexity index is 1030. The van der Waals surface area contributed by atoms with Crippen LogP contribution in [0.25, 0.3) is 11.1 Å². The van der Waals surface area contributed by atoms with E-state index in [1.165, 1.54) is 4.31 Å². The second-order valence-electron chi connectivity index (χ2n) is 6.79. The Balaban J connectivity index is 1.84. The summed E-state index contributed by atoms with van der Waals surface area (Å²) in [7, 11) is -7.22. The van der Waals surface area contributed by atoms with E-state index < -0.39 is 20.0 Å². The second kappa shape index (κ2) is 8.57. The highest BCUT2D eigenvalue weighted by atomic mass is 32.2. The molecule has 2 aromatic carbocycles. The van der Waals surface area contributed by atoms with E-state index in [2.05, 4.69) is 11.3 Å². The number of hydrogen-bond acceptors (Lipinski definition) is 4. The Kier molecular flexibility index (Phi) is 6.34. The normalized spacial score (nSPS) is 18.6. The van der Waals surface area contributed by atoms with Crippen LogP contribution in [0.2, 0.25) is 0 Å². The third-order valence-corrected chi connectivity index (χ3v) is 7.80. The summed E-state index contributed by atoms with van der Waals surface area (Å²) >= 11 is 0. The van der Waals surface area contributed by atoms with Crippen LogP contribution in [0.3, 0.4) is 0 Å². The minimum absolute atomic E-state index is 0.0814. The molecule has 2 aromatic rings. The first-order valence-corrected chi connectivity index (χ1v) is 12.1. The van der Waals surface area contributed by atoms with Gasteiger partial charge in [0.25, 0.3) is 0 Å². The smallest absolute Gasteiger partial charge is 0.211 e.